The number of halogens is 1. The van der Waals surface area contributed by atoms with Gasteiger partial charge in [0.25, 0.3) is 0 Å². The molecule has 2 saturated heterocycles. The SMILES string of the molecule is CC(C)(C)OC(=O)N1CCCC1c1cc(Cl)cc2c1CN(C(=O)N1CCOCC1(C)C)CC2. The molecule has 3 heterocycles. The zero-order valence-corrected chi connectivity index (χ0v) is 21.2. The number of carbonyl (C=O) groups is 2. The van der Waals surface area contributed by atoms with E-state index in [-0.39, 0.29) is 23.7 Å². The van der Waals surface area contributed by atoms with Crippen molar-refractivity contribution in [2.45, 2.75) is 77.6 Å². The van der Waals surface area contributed by atoms with Crippen molar-refractivity contribution < 1.29 is 19.1 Å². The number of ether oxygens (including phenoxy) is 2. The first-order valence-corrected chi connectivity index (χ1v) is 12.3. The number of benzene rings is 1. The Morgan fingerprint density at radius 2 is 1.94 bits per heavy atom. The largest absolute Gasteiger partial charge is 0.444 e. The molecule has 0 aromatic heterocycles. The molecule has 33 heavy (non-hydrogen) atoms. The van der Waals surface area contributed by atoms with Gasteiger partial charge in [0.2, 0.25) is 0 Å². The summed E-state index contributed by atoms with van der Waals surface area (Å²) < 4.78 is 11.3. The van der Waals surface area contributed by atoms with Gasteiger partial charge in [-0.05, 0) is 82.7 Å². The molecule has 7 nitrogen and oxygen atoms in total. The number of rotatable bonds is 1. The van der Waals surface area contributed by atoms with Crippen LogP contribution in [0.2, 0.25) is 5.02 Å². The number of fused-ring (bicyclic) bond motifs is 1. The summed E-state index contributed by atoms with van der Waals surface area (Å²) >= 11 is 6.51. The van der Waals surface area contributed by atoms with Crippen LogP contribution in [0.25, 0.3) is 0 Å². The summed E-state index contributed by atoms with van der Waals surface area (Å²) in [4.78, 5) is 32.1. The van der Waals surface area contributed by atoms with Gasteiger partial charge in [0.1, 0.15) is 5.60 Å². The monoisotopic (exact) mass is 477 g/mol. The minimum absolute atomic E-state index is 0.0465. The van der Waals surface area contributed by atoms with E-state index in [2.05, 4.69) is 0 Å². The van der Waals surface area contributed by atoms with Gasteiger partial charge in [-0.2, -0.15) is 0 Å². The van der Waals surface area contributed by atoms with E-state index in [4.69, 9.17) is 21.1 Å². The first kappa shape index (κ1) is 24.1. The first-order valence-electron chi connectivity index (χ1n) is 11.9. The van der Waals surface area contributed by atoms with Gasteiger partial charge in [0.15, 0.2) is 0 Å². The fraction of sp³-hybridized carbons (Fsp3) is 0.680. The second-order valence-electron chi connectivity index (χ2n) is 10.9. The molecule has 0 saturated carbocycles. The summed E-state index contributed by atoms with van der Waals surface area (Å²) in [6.07, 6.45) is 2.22. The number of nitrogens with zero attached hydrogens (tertiary/aromatic N) is 3. The zero-order valence-electron chi connectivity index (χ0n) is 20.4. The molecular weight excluding hydrogens is 442 g/mol. The van der Waals surface area contributed by atoms with Crippen LogP contribution < -0.4 is 0 Å². The molecule has 1 aromatic rings. The van der Waals surface area contributed by atoms with Gasteiger partial charge in [-0.25, -0.2) is 9.59 Å². The third-order valence-corrected chi connectivity index (χ3v) is 6.95. The average Bonchev–Trinajstić information content (AvgIpc) is 3.21. The van der Waals surface area contributed by atoms with Crippen molar-refractivity contribution in [1.29, 1.82) is 0 Å². The van der Waals surface area contributed by atoms with Gasteiger partial charge in [0.05, 0.1) is 24.8 Å². The molecule has 3 amide bonds. The van der Waals surface area contributed by atoms with Crippen molar-refractivity contribution >= 4 is 23.7 Å². The van der Waals surface area contributed by atoms with E-state index < -0.39 is 5.60 Å². The Balaban J connectivity index is 1.61. The third kappa shape index (κ3) is 5.09. The number of urea groups is 1. The summed E-state index contributed by atoms with van der Waals surface area (Å²) in [5, 5.41) is 0.675. The molecule has 0 spiro atoms. The van der Waals surface area contributed by atoms with Crippen LogP contribution in [0.15, 0.2) is 12.1 Å². The Kier molecular flexibility index (Phi) is 6.58. The average molecular weight is 478 g/mol. The maximum absolute atomic E-state index is 13.5. The molecule has 1 atom stereocenters. The van der Waals surface area contributed by atoms with E-state index in [0.717, 1.165) is 30.4 Å². The highest BCUT2D eigenvalue weighted by Gasteiger charge is 2.39. The smallest absolute Gasteiger partial charge is 0.410 e. The topological polar surface area (TPSA) is 62.3 Å². The normalized spacial score (nSPS) is 22.8. The minimum Gasteiger partial charge on any atom is -0.444 e. The predicted octanol–water partition coefficient (Wildman–Crippen LogP) is 5.00. The van der Waals surface area contributed by atoms with Crippen LogP contribution in [0.3, 0.4) is 0 Å². The molecule has 1 aromatic carbocycles. The second kappa shape index (κ2) is 8.99. The second-order valence-corrected chi connectivity index (χ2v) is 11.4. The van der Waals surface area contributed by atoms with Gasteiger partial charge in [0, 0.05) is 31.2 Å². The van der Waals surface area contributed by atoms with E-state index in [1.165, 1.54) is 5.56 Å². The Hall–Kier alpha value is -1.99. The van der Waals surface area contributed by atoms with Crippen LogP contribution in [0, 0.1) is 0 Å². The van der Waals surface area contributed by atoms with Crippen LogP contribution >= 0.6 is 11.6 Å². The maximum Gasteiger partial charge on any atom is 0.410 e. The standard InChI is InChI=1S/C25H36ClN3O4/c1-24(2,3)33-23(31)28-9-6-7-21(28)19-14-18(26)13-17-8-10-27(15-20(17)19)22(30)29-11-12-32-16-25(29,4)5/h13-14,21H,6-12,15-16H2,1-5H3. The highest BCUT2D eigenvalue weighted by Crippen LogP contribution is 2.39. The fourth-order valence-corrected chi connectivity index (χ4v) is 5.38. The Morgan fingerprint density at radius 1 is 1.18 bits per heavy atom. The van der Waals surface area contributed by atoms with Gasteiger partial charge >= 0.3 is 12.1 Å². The minimum atomic E-state index is -0.549. The zero-order chi connectivity index (χ0) is 24.0. The first-order chi connectivity index (χ1) is 15.5. The lowest BCUT2D eigenvalue weighted by molar-refractivity contribution is -0.0358. The quantitative estimate of drug-likeness (QED) is 0.571. The number of amides is 3. The van der Waals surface area contributed by atoms with Crippen LogP contribution in [0.1, 0.15) is 70.2 Å². The lowest BCUT2D eigenvalue weighted by atomic mass is 9.90. The number of likely N-dealkylation sites (tertiary alicyclic amines) is 1. The van der Waals surface area contributed by atoms with E-state index in [1.807, 2.05) is 61.5 Å². The summed E-state index contributed by atoms with van der Waals surface area (Å²) in [6, 6.07) is 3.93. The molecule has 8 heteroatoms. The van der Waals surface area contributed by atoms with Crippen molar-refractivity contribution in [3.63, 3.8) is 0 Å². The fourth-order valence-electron chi connectivity index (χ4n) is 5.13. The molecule has 0 bridgehead atoms. The molecule has 2 fully saturated rings. The van der Waals surface area contributed by atoms with Gasteiger partial charge in [-0.1, -0.05) is 11.6 Å². The lowest BCUT2D eigenvalue weighted by Gasteiger charge is -2.45. The number of hydrogen-bond acceptors (Lipinski definition) is 4. The predicted molar refractivity (Wildman–Crippen MR) is 127 cm³/mol. The lowest BCUT2D eigenvalue weighted by Crippen LogP contribution is -2.59. The van der Waals surface area contributed by atoms with Gasteiger partial charge < -0.3 is 24.2 Å². The molecule has 4 rings (SSSR count). The molecule has 182 valence electrons. The number of carbonyl (C=O) groups excluding carboxylic acids is 2. The summed E-state index contributed by atoms with van der Waals surface area (Å²) in [7, 11) is 0. The summed E-state index contributed by atoms with van der Waals surface area (Å²) in [5.41, 5.74) is 2.44. The van der Waals surface area contributed by atoms with Crippen molar-refractivity contribution in [3.8, 4) is 0 Å². The number of morpholine rings is 1. The van der Waals surface area contributed by atoms with Crippen LogP contribution in [-0.2, 0) is 22.4 Å². The highest BCUT2D eigenvalue weighted by atomic mass is 35.5. The van der Waals surface area contributed by atoms with E-state index >= 15 is 0 Å². The Labute approximate surface area is 201 Å². The van der Waals surface area contributed by atoms with E-state index in [0.29, 0.717) is 44.4 Å². The van der Waals surface area contributed by atoms with Crippen LogP contribution in [0.4, 0.5) is 9.59 Å². The molecular formula is C25H36ClN3O4. The maximum atomic E-state index is 13.5. The summed E-state index contributed by atoms with van der Waals surface area (Å²) in [5.74, 6) is 0. The van der Waals surface area contributed by atoms with Crippen molar-refractivity contribution in [3.05, 3.63) is 33.8 Å². The molecule has 1 unspecified atom stereocenters. The van der Waals surface area contributed by atoms with Gasteiger partial charge in [-0.15, -0.1) is 0 Å². The Morgan fingerprint density at radius 3 is 2.64 bits per heavy atom. The van der Waals surface area contributed by atoms with Crippen molar-refractivity contribution in [2.75, 3.05) is 32.8 Å². The number of hydrogen-bond donors (Lipinski definition) is 0. The molecule has 0 N–H and O–H groups in total. The molecule has 0 radical (unpaired) electrons. The highest BCUT2D eigenvalue weighted by molar-refractivity contribution is 6.30. The Bertz CT molecular complexity index is 927. The van der Waals surface area contributed by atoms with E-state index in [9.17, 15) is 9.59 Å². The van der Waals surface area contributed by atoms with Crippen molar-refractivity contribution in [1.82, 2.24) is 14.7 Å². The van der Waals surface area contributed by atoms with Crippen LogP contribution in [0.5, 0.6) is 0 Å². The molecule has 0 aliphatic carbocycles. The molecule has 3 aliphatic heterocycles. The van der Waals surface area contributed by atoms with Crippen LogP contribution in [-0.4, -0.2) is 70.8 Å². The van der Waals surface area contributed by atoms with Crippen molar-refractivity contribution in [2.24, 2.45) is 0 Å². The van der Waals surface area contributed by atoms with Gasteiger partial charge in [-0.3, -0.25) is 0 Å². The third-order valence-electron chi connectivity index (χ3n) is 6.73. The van der Waals surface area contributed by atoms with E-state index in [1.54, 1.807) is 0 Å². The molecule has 3 aliphatic rings. The summed E-state index contributed by atoms with van der Waals surface area (Å²) in [6.45, 7) is 13.3.